The average molecular weight is 306 g/mol. The predicted octanol–water partition coefficient (Wildman–Crippen LogP) is 2.60. The molecule has 0 saturated carbocycles. The number of nitrogens with one attached hydrogen (secondary N) is 1. The average Bonchev–Trinajstić information content (AvgIpc) is 3.25. The van der Waals surface area contributed by atoms with Crippen LogP contribution in [0.3, 0.4) is 0 Å². The molecule has 0 aliphatic carbocycles. The monoisotopic (exact) mass is 306 g/mol. The van der Waals surface area contributed by atoms with Gasteiger partial charge in [0.05, 0.1) is 6.04 Å². The van der Waals surface area contributed by atoms with E-state index in [1.165, 1.54) is 12.0 Å². The zero-order valence-corrected chi connectivity index (χ0v) is 12.8. The second-order valence-electron chi connectivity index (χ2n) is 5.77. The lowest BCUT2D eigenvalue weighted by Gasteiger charge is -2.22. The van der Waals surface area contributed by atoms with E-state index in [0.717, 1.165) is 36.7 Å². The molecule has 0 spiro atoms. The molecule has 1 saturated heterocycles. The fourth-order valence-electron chi connectivity index (χ4n) is 3.10. The van der Waals surface area contributed by atoms with Gasteiger partial charge in [-0.2, -0.15) is 5.10 Å². The van der Waals surface area contributed by atoms with Crippen molar-refractivity contribution in [2.45, 2.75) is 25.4 Å². The van der Waals surface area contributed by atoms with Crippen molar-refractivity contribution in [3.63, 3.8) is 0 Å². The fourth-order valence-corrected chi connectivity index (χ4v) is 3.10. The van der Waals surface area contributed by atoms with Crippen LogP contribution in [-0.2, 0) is 6.54 Å². The van der Waals surface area contributed by atoms with Gasteiger partial charge in [-0.1, -0.05) is 6.07 Å². The predicted molar refractivity (Wildman–Crippen MR) is 86.2 cm³/mol. The normalized spacial score (nSPS) is 18.3. The third-order valence-electron chi connectivity index (χ3n) is 4.23. The molecule has 1 aliphatic heterocycles. The van der Waals surface area contributed by atoms with Gasteiger partial charge in [0.15, 0.2) is 5.82 Å². The van der Waals surface area contributed by atoms with Gasteiger partial charge < -0.3 is 0 Å². The second kappa shape index (κ2) is 6.26. The number of likely N-dealkylation sites (tertiary alicyclic amines) is 1. The third-order valence-corrected chi connectivity index (χ3v) is 4.23. The highest BCUT2D eigenvalue weighted by atomic mass is 15.3. The standard InChI is InChI=1S/C17H18N6/c1-3-13(11-19-7-1)12-23-10-2-4-15(23)17-20-16(21-22-17)14-5-8-18-9-6-14/h1,3,5-9,11,15H,2,4,10,12H2,(H,20,21,22)/t15-/m1/s1. The lowest BCUT2D eigenvalue weighted by molar-refractivity contribution is 0.240. The first-order chi connectivity index (χ1) is 11.4. The van der Waals surface area contributed by atoms with Gasteiger partial charge in [0, 0.05) is 36.9 Å². The van der Waals surface area contributed by atoms with Gasteiger partial charge in [0.25, 0.3) is 0 Å². The summed E-state index contributed by atoms with van der Waals surface area (Å²) in [4.78, 5) is 15.4. The van der Waals surface area contributed by atoms with Crippen LogP contribution in [0.2, 0.25) is 0 Å². The first-order valence-electron chi connectivity index (χ1n) is 7.86. The summed E-state index contributed by atoms with van der Waals surface area (Å²) >= 11 is 0. The largest absolute Gasteiger partial charge is 0.289 e. The molecule has 0 radical (unpaired) electrons. The smallest absolute Gasteiger partial charge is 0.181 e. The summed E-state index contributed by atoms with van der Waals surface area (Å²) in [6, 6.07) is 8.24. The van der Waals surface area contributed by atoms with E-state index in [1.54, 1.807) is 12.4 Å². The Morgan fingerprint density at radius 2 is 2.04 bits per heavy atom. The molecule has 4 heterocycles. The van der Waals surface area contributed by atoms with Crippen LogP contribution >= 0.6 is 0 Å². The molecule has 0 unspecified atom stereocenters. The van der Waals surface area contributed by atoms with Gasteiger partial charge in [0.2, 0.25) is 0 Å². The van der Waals surface area contributed by atoms with Crippen LogP contribution in [0.1, 0.15) is 30.3 Å². The molecular formula is C17H18N6. The van der Waals surface area contributed by atoms with Crippen molar-refractivity contribution in [2.75, 3.05) is 6.54 Å². The molecule has 1 atom stereocenters. The van der Waals surface area contributed by atoms with Gasteiger partial charge in [-0.05, 0) is 43.1 Å². The van der Waals surface area contributed by atoms with Crippen molar-refractivity contribution in [3.05, 3.63) is 60.4 Å². The molecule has 116 valence electrons. The molecule has 3 aromatic heterocycles. The molecule has 0 aromatic carbocycles. The van der Waals surface area contributed by atoms with E-state index in [1.807, 2.05) is 30.6 Å². The van der Waals surface area contributed by atoms with E-state index < -0.39 is 0 Å². The second-order valence-corrected chi connectivity index (χ2v) is 5.77. The Morgan fingerprint density at radius 3 is 2.87 bits per heavy atom. The number of hydrogen-bond donors (Lipinski definition) is 1. The number of aromatic amines is 1. The SMILES string of the molecule is c1cncc(CN2CCC[C@@H]2c2nc(-c3ccncc3)n[nH]2)c1. The van der Waals surface area contributed by atoms with Crippen LogP contribution in [0.25, 0.3) is 11.4 Å². The molecule has 1 aliphatic rings. The molecule has 0 bridgehead atoms. The minimum absolute atomic E-state index is 0.290. The highest BCUT2D eigenvalue weighted by molar-refractivity contribution is 5.53. The maximum Gasteiger partial charge on any atom is 0.181 e. The van der Waals surface area contributed by atoms with E-state index in [4.69, 9.17) is 4.98 Å². The molecule has 1 fully saturated rings. The number of hydrogen-bond acceptors (Lipinski definition) is 5. The summed E-state index contributed by atoms with van der Waals surface area (Å²) in [5, 5.41) is 7.49. The third kappa shape index (κ3) is 2.98. The Bertz CT molecular complexity index is 755. The Morgan fingerprint density at radius 1 is 1.13 bits per heavy atom. The highest BCUT2D eigenvalue weighted by Gasteiger charge is 2.28. The molecule has 1 N–H and O–H groups in total. The van der Waals surface area contributed by atoms with Crippen molar-refractivity contribution in [2.24, 2.45) is 0 Å². The minimum Gasteiger partial charge on any atom is -0.289 e. The summed E-state index contributed by atoms with van der Waals surface area (Å²) in [6.07, 6.45) is 9.54. The lowest BCUT2D eigenvalue weighted by atomic mass is 10.2. The van der Waals surface area contributed by atoms with Crippen molar-refractivity contribution in [1.29, 1.82) is 0 Å². The summed E-state index contributed by atoms with van der Waals surface area (Å²) in [5.74, 6) is 1.67. The zero-order valence-electron chi connectivity index (χ0n) is 12.8. The van der Waals surface area contributed by atoms with Crippen molar-refractivity contribution in [1.82, 2.24) is 30.0 Å². The topological polar surface area (TPSA) is 70.6 Å². The van der Waals surface area contributed by atoms with Gasteiger partial charge in [0.1, 0.15) is 5.82 Å². The molecule has 6 nitrogen and oxygen atoms in total. The van der Waals surface area contributed by atoms with Crippen molar-refractivity contribution in [3.8, 4) is 11.4 Å². The van der Waals surface area contributed by atoms with Gasteiger partial charge in [-0.3, -0.25) is 20.0 Å². The number of rotatable bonds is 4. The van der Waals surface area contributed by atoms with Crippen LogP contribution in [0.5, 0.6) is 0 Å². The van der Waals surface area contributed by atoms with E-state index in [0.29, 0.717) is 6.04 Å². The zero-order chi connectivity index (χ0) is 15.5. The number of nitrogens with zero attached hydrogens (tertiary/aromatic N) is 5. The molecule has 6 heteroatoms. The Balaban J connectivity index is 1.54. The Labute approximate surface area is 134 Å². The first-order valence-corrected chi connectivity index (χ1v) is 7.86. The van der Waals surface area contributed by atoms with Crippen LogP contribution in [0.15, 0.2) is 49.1 Å². The minimum atomic E-state index is 0.290. The molecule has 23 heavy (non-hydrogen) atoms. The first kappa shape index (κ1) is 14.0. The van der Waals surface area contributed by atoms with Gasteiger partial charge >= 0.3 is 0 Å². The maximum atomic E-state index is 4.70. The molecular weight excluding hydrogens is 288 g/mol. The number of pyridine rings is 2. The highest BCUT2D eigenvalue weighted by Crippen LogP contribution is 2.31. The number of H-pyrrole nitrogens is 1. The molecule has 4 rings (SSSR count). The summed E-state index contributed by atoms with van der Waals surface area (Å²) in [6.45, 7) is 1.97. The summed E-state index contributed by atoms with van der Waals surface area (Å²) < 4.78 is 0. The molecule has 0 amide bonds. The summed E-state index contributed by atoms with van der Waals surface area (Å²) in [7, 11) is 0. The lowest BCUT2D eigenvalue weighted by Crippen LogP contribution is -2.23. The van der Waals surface area contributed by atoms with E-state index in [9.17, 15) is 0 Å². The number of aromatic nitrogens is 5. The van der Waals surface area contributed by atoms with E-state index >= 15 is 0 Å². The van der Waals surface area contributed by atoms with E-state index in [-0.39, 0.29) is 0 Å². The van der Waals surface area contributed by atoms with Gasteiger partial charge in [-0.15, -0.1) is 0 Å². The van der Waals surface area contributed by atoms with Crippen LogP contribution in [-0.4, -0.2) is 36.6 Å². The summed E-state index contributed by atoms with van der Waals surface area (Å²) in [5.41, 5.74) is 2.22. The maximum absolute atomic E-state index is 4.70. The Kier molecular flexibility index (Phi) is 3.81. The van der Waals surface area contributed by atoms with Gasteiger partial charge in [-0.25, -0.2) is 4.98 Å². The van der Waals surface area contributed by atoms with E-state index in [2.05, 4.69) is 31.1 Å². The fraction of sp³-hybridized carbons (Fsp3) is 0.294. The van der Waals surface area contributed by atoms with Crippen LogP contribution in [0.4, 0.5) is 0 Å². The van der Waals surface area contributed by atoms with Crippen LogP contribution in [0, 0.1) is 0 Å². The quantitative estimate of drug-likeness (QED) is 0.802. The van der Waals surface area contributed by atoms with Crippen molar-refractivity contribution < 1.29 is 0 Å². The Hall–Kier alpha value is -2.60. The van der Waals surface area contributed by atoms with Crippen LogP contribution < -0.4 is 0 Å². The van der Waals surface area contributed by atoms with Crippen molar-refractivity contribution >= 4 is 0 Å². The molecule has 3 aromatic rings.